The van der Waals surface area contributed by atoms with E-state index in [1.54, 1.807) is 6.07 Å². The lowest BCUT2D eigenvalue weighted by Gasteiger charge is -2.24. The van der Waals surface area contributed by atoms with E-state index >= 15 is 0 Å². The molecular weight excluding hydrogens is 374 g/mol. The Balaban J connectivity index is 1.56. The lowest BCUT2D eigenvalue weighted by Crippen LogP contribution is -2.34. The second-order valence-corrected chi connectivity index (χ2v) is 9.12. The van der Waals surface area contributed by atoms with Gasteiger partial charge in [-0.05, 0) is 42.8 Å². The fourth-order valence-corrected chi connectivity index (χ4v) is 5.51. The van der Waals surface area contributed by atoms with E-state index in [2.05, 4.69) is 0 Å². The lowest BCUT2D eigenvalue weighted by molar-refractivity contribution is -0.117. The van der Waals surface area contributed by atoms with Crippen LogP contribution in [0.4, 0.5) is 14.5 Å². The predicted octanol–water partition coefficient (Wildman–Crippen LogP) is 2.78. The van der Waals surface area contributed by atoms with E-state index in [4.69, 9.17) is 0 Å². The minimum Gasteiger partial charge on any atom is -0.312 e. The van der Waals surface area contributed by atoms with Crippen molar-refractivity contribution in [2.24, 2.45) is 5.41 Å². The molecule has 1 amide bonds. The van der Waals surface area contributed by atoms with Crippen molar-refractivity contribution < 1.29 is 22.0 Å². The molecule has 0 bridgehead atoms. The maximum Gasteiger partial charge on any atom is 0.243 e. The van der Waals surface area contributed by atoms with Gasteiger partial charge < -0.3 is 4.90 Å². The molecule has 0 saturated carbocycles. The molecule has 2 aromatic rings. The van der Waals surface area contributed by atoms with Crippen molar-refractivity contribution >= 4 is 21.6 Å². The van der Waals surface area contributed by atoms with Gasteiger partial charge in [0, 0.05) is 37.2 Å². The lowest BCUT2D eigenvalue weighted by atomic mass is 9.86. The van der Waals surface area contributed by atoms with Crippen LogP contribution in [0.25, 0.3) is 0 Å². The number of halogens is 2. The number of benzene rings is 2. The fourth-order valence-electron chi connectivity index (χ4n) is 3.92. The van der Waals surface area contributed by atoms with Crippen LogP contribution in [0.5, 0.6) is 0 Å². The molecule has 0 radical (unpaired) electrons. The first-order chi connectivity index (χ1) is 12.8. The van der Waals surface area contributed by atoms with Crippen LogP contribution in [0.15, 0.2) is 53.4 Å². The van der Waals surface area contributed by atoms with E-state index in [1.165, 1.54) is 45.6 Å². The second kappa shape index (κ2) is 6.38. The van der Waals surface area contributed by atoms with Crippen LogP contribution in [0.2, 0.25) is 0 Å². The summed E-state index contributed by atoms with van der Waals surface area (Å²) in [4.78, 5) is 13.9. The topological polar surface area (TPSA) is 57.7 Å². The van der Waals surface area contributed by atoms with Crippen molar-refractivity contribution in [3.05, 3.63) is 60.2 Å². The summed E-state index contributed by atoms with van der Waals surface area (Å²) in [5.41, 5.74) is -0.0348. The summed E-state index contributed by atoms with van der Waals surface area (Å²) in [6, 6.07) is 10.7. The summed E-state index contributed by atoms with van der Waals surface area (Å²) in [7, 11) is -3.83. The monoisotopic (exact) mass is 392 g/mol. The molecule has 2 saturated heterocycles. The van der Waals surface area contributed by atoms with Crippen molar-refractivity contribution in [2.75, 3.05) is 24.5 Å². The van der Waals surface area contributed by atoms with Gasteiger partial charge in [0.25, 0.3) is 0 Å². The number of hydrogen-bond acceptors (Lipinski definition) is 3. The first-order valence-corrected chi connectivity index (χ1v) is 10.0. The van der Waals surface area contributed by atoms with Gasteiger partial charge in [0.05, 0.1) is 4.90 Å². The molecular formula is C19H18F2N2O3S. The Hall–Kier alpha value is -2.32. The third-order valence-corrected chi connectivity index (χ3v) is 7.12. The molecule has 8 heteroatoms. The standard InChI is InChI=1S/C19H18F2N2O3S/c20-14-3-1-5-16(9-14)23-13-19(11-18(23)24)7-8-22(12-19)27(25,26)17-6-2-4-15(21)10-17/h1-6,9-10H,7-8,11-13H2. The summed E-state index contributed by atoms with van der Waals surface area (Å²) in [6.45, 7) is 0.789. The normalized spacial score (nSPS) is 23.5. The number of carbonyl (C=O) groups is 1. The van der Waals surface area contributed by atoms with E-state index in [9.17, 15) is 22.0 Å². The van der Waals surface area contributed by atoms with Crippen molar-refractivity contribution in [3.8, 4) is 0 Å². The number of amides is 1. The van der Waals surface area contributed by atoms with Crippen molar-refractivity contribution in [1.82, 2.24) is 4.31 Å². The molecule has 2 aliphatic heterocycles. The van der Waals surface area contributed by atoms with Crippen LogP contribution >= 0.6 is 0 Å². The maximum absolute atomic E-state index is 13.5. The molecule has 1 spiro atoms. The molecule has 2 heterocycles. The van der Waals surface area contributed by atoms with Crippen molar-refractivity contribution in [2.45, 2.75) is 17.7 Å². The minimum atomic E-state index is -3.83. The van der Waals surface area contributed by atoms with Crippen LogP contribution in [-0.2, 0) is 14.8 Å². The summed E-state index contributed by atoms with van der Waals surface area (Å²) < 4.78 is 53.9. The zero-order valence-corrected chi connectivity index (χ0v) is 15.3. The molecule has 5 nitrogen and oxygen atoms in total. The number of anilines is 1. The fraction of sp³-hybridized carbons (Fsp3) is 0.316. The van der Waals surface area contributed by atoms with Crippen molar-refractivity contribution in [1.29, 1.82) is 0 Å². The van der Waals surface area contributed by atoms with Gasteiger partial charge in [-0.15, -0.1) is 0 Å². The van der Waals surface area contributed by atoms with E-state index in [0.717, 1.165) is 6.07 Å². The SMILES string of the molecule is O=C1CC2(CCN(S(=O)(=O)c3cccc(F)c3)C2)CN1c1cccc(F)c1. The van der Waals surface area contributed by atoms with Crippen LogP contribution in [-0.4, -0.2) is 38.3 Å². The van der Waals surface area contributed by atoms with E-state index < -0.39 is 27.1 Å². The van der Waals surface area contributed by atoms with Gasteiger partial charge in [0.15, 0.2) is 0 Å². The van der Waals surface area contributed by atoms with Gasteiger partial charge in [0.1, 0.15) is 11.6 Å². The maximum atomic E-state index is 13.5. The third-order valence-electron chi connectivity index (χ3n) is 5.28. The number of nitrogens with zero attached hydrogens (tertiary/aromatic N) is 2. The summed E-state index contributed by atoms with van der Waals surface area (Å²) in [6.07, 6.45) is 0.734. The zero-order valence-electron chi connectivity index (χ0n) is 14.4. The Morgan fingerprint density at radius 3 is 2.37 bits per heavy atom. The summed E-state index contributed by atoms with van der Waals surface area (Å²) >= 11 is 0. The Kier molecular flexibility index (Phi) is 4.27. The zero-order chi connectivity index (χ0) is 19.2. The first kappa shape index (κ1) is 18.1. The molecule has 2 aromatic carbocycles. The van der Waals surface area contributed by atoms with E-state index in [1.807, 2.05) is 0 Å². The Morgan fingerprint density at radius 2 is 1.67 bits per heavy atom. The van der Waals surface area contributed by atoms with Gasteiger partial charge in [-0.1, -0.05) is 12.1 Å². The van der Waals surface area contributed by atoms with Gasteiger partial charge in [-0.2, -0.15) is 4.31 Å². The predicted molar refractivity (Wildman–Crippen MR) is 95.6 cm³/mol. The minimum absolute atomic E-state index is 0.0918. The molecule has 2 aliphatic rings. The second-order valence-electron chi connectivity index (χ2n) is 7.18. The van der Waals surface area contributed by atoms with Gasteiger partial charge in [0.2, 0.25) is 15.9 Å². The first-order valence-electron chi connectivity index (χ1n) is 8.61. The Morgan fingerprint density at radius 1 is 0.963 bits per heavy atom. The third kappa shape index (κ3) is 3.23. The number of sulfonamides is 1. The molecule has 1 atom stereocenters. The summed E-state index contributed by atoms with van der Waals surface area (Å²) in [5, 5.41) is 0. The van der Waals surface area contributed by atoms with Gasteiger partial charge >= 0.3 is 0 Å². The number of hydrogen-bond donors (Lipinski definition) is 0. The molecule has 1 unspecified atom stereocenters. The molecule has 0 aliphatic carbocycles. The highest BCUT2D eigenvalue weighted by atomic mass is 32.2. The van der Waals surface area contributed by atoms with Crippen LogP contribution in [0, 0.1) is 17.0 Å². The van der Waals surface area contributed by atoms with Gasteiger partial charge in [-0.3, -0.25) is 4.79 Å². The smallest absolute Gasteiger partial charge is 0.243 e. The highest BCUT2D eigenvalue weighted by Crippen LogP contribution is 2.43. The molecule has 0 N–H and O–H groups in total. The average Bonchev–Trinajstić information content (AvgIpc) is 3.19. The molecule has 2 fully saturated rings. The highest BCUT2D eigenvalue weighted by molar-refractivity contribution is 7.89. The van der Waals surface area contributed by atoms with Crippen LogP contribution in [0.1, 0.15) is 12.8 Å². The van der Waals surface area contributed by atoms with Crippen LogP contribution < -0.4 is 4.90 Å². The van der Waals surface area contributed by atoms with Crippen molar-refractivity contribution in [3.63, 3.8) is 0 Å². The average molecular weight is 392 g/mol. The molecule has 4 rings (SSSR count). The Labute approximate surface area is 156 Å². The number of rotatable bonds is 3. The van der Waals surface area contributed by atoms with Gasteiger partial charge in [-0.25, -0.2) is 17.2 Å². The quantitative estimate of drug-likeness (QED) is 0.807. The summed E-state index contributed by atoms with van der Waals surface area (Å²) in [5.74, 6) is -1.19. The molecule has 142 valence electrons. The molecule has 0 aromatic heterocycles. The largest absolute Gasteiger partial charge is 0.312 e. The van der Waals surface area contributed by atoms with E-state index in [-0.39, 0.29) is 30.3 Å². The Bertz CT molecular complexity index is 1010. The van der Waals surface area contributed by atoms with Crippen LogP contribution in [0.3, 0.4) is 0 Å². The van der Waals surface area contributed by atoms with E-state index in [0.29, 0.717) is 18.7 Å². The molecule has 27 heavy (non-hydrogen) atoms. The number of carbonyl (C=O) groups excluding carboxylic acids is 1. The highest BCUT2D eigenvalue weighted by Gasteiger charge is 2.50.